The highest BCUT2D eigenvalue weighted by molar-refractivity contribution is 7.80. The highest BCUT2D eigenvalue weighted by Crippen LogP contribution is 2.37. The molecule has 1 aliphatic rings. The molecule has 0 radical (unpaired) electrons. The molecule has 178 valence electrons. The van der Waals surface area contributed by atoms with Crippen molar-refractivity contribution < 1.29 is 18.7 Å². The van der Waals surface area contributed by atoms with Crippen molar-refractivity contribution in [1.29, 1.82) is 0 Å². The van der Waals surface area contributed by atoms with Crippen LogP contribution in [0.2, 0.25) is 20.1 Å². The minimum Gasteiger partial charge on any atom is -0.486 e. The highest BCUT2D eigenvalue weighted by atomic mass is 35.5. The van der Waals surface area contributed by atoms with Gasteiger partial charge in [0.05, 0.1) is 25.8 Å². The zero-order valence-electron chi connectivity index (χ0n) is 17.5. The number of halogens is 5. The summed E-state index contributed by atoms with van der Waals surface area (Å²) in [6.45, 7) is 0.105. The predicted octanol–water partition coefficient (Wildman–Crippen LogP) is 6.85. The molecule has 4 rings (SSSR count). The van der Waals surface area contributed by atoms with Crippen LogP contribution in [0.5, 0.6) is 5.75 Å². The SMILES string of the molecule is O=C1NC(=S)N(c2cccc(Cl)c2Cl)C(=O)/C1=C/c1cc(Cl)c(OCc2ccc(F)cc2)c(Cl)c1. The number of anilines is 1. The van der Waals surface area contributed by atoms with Gasteiger partial charge in [-0.2, -0.15) is 0 Å². The summed E-state index contributed by atoms with van der Waals surface area (Å²) in [4.78, 5) is 26.9. The van der Waals surface area contributed by atoms with Gasteiger partial charge in [-0.25, -0.2) is 4.39 Å². The molecular weight excluding hydrogens is 557 g/mol. The lowest BCUT2D eigenvalue weighted by molar-refractivity contribution is -0.122. The van der Waals surface area contributed by atoms with E-state index in [0.29, 0.717) is 11.1 Å². The molecule has 0 atom stereocenters. The predicted molar refractivity (Wildman–Crippen MR) is 140 cm³/mol. The van der Waals surface area contributed by atoms with E-state index in [4.69, 9.17) is 63.4 Å². The maximum Gasteiger partial charge on any atom is 0.270 e. The molecule has 5 nitrogen and oxygen atoms in total. The third-order valence-electron chi connectivity index (χ3n) is 4.90. The second-order valence-corrected chi connectivity index (χ2v) is 9.25. The number of nitrogens with one attached hydrogen (secondary N) is 1. The van der Waals surface area contributed by atoms with Gasteiger partial charge < -0.3 is 4.74 Å². The van der Waals surface area contributed by atoms with Crippen molar-refractivity contribution in [2.75, 3.05) is 4.90 Å². The number of hydrogen-bond donors (Lipinski definition) is 1. The van der Waals surface area contributed by atoms with Crippen molar-refractivity contribution in [3.8, 4) is 5.75 Å². The molecule has 11 heteroatoms. The Kier molecular flexibility index (Phi) is 7.64. The molecule has 3 aromatic carbocycles. The highest BCUT2D eigenvalue weighted by Gasteiger charge is 2.35. The van der Waals surface area contributed by atoms with Crippen LogP contribution in [-0.2, 0) is 16.2 Å². The number of thiocarbonyl (C=S) groups is 1. The average Bonchev–Trinajstić information content (AvgIpc) is 2.80. The molecule has 0 aromatic heterocycles. The van der Waals surface area contributed by atoms with Crippen LogP contribution in [0.3, 0.4) is 0 Å². The number of carbonyl (C=O) groups excluding carboxylic acids is 2. The Hall–Kier alpha value is -2.68. The Morgan fingerprint density at radius 2 is 1.63 bits per heavy atom. The van der Waals surface area contributed by atoms with Gasteiger partial charge in [0.25, 0.3) is 11.8 Å². The van der Waals surface area contributed by atoms with E-state index in [1.165, 1.54) is 30.3 Å². The second kappa shape index (κ2) is 10.5. The molecule has 0 spiro atoms. The first-order valence-corrected chi connectivity index (χ1v) is 11.8. The zero-order valence-corrected chi connectivity index (χ0v) is 21.3. The van der Waals surface area contributed by atoms with E-state index in [9.17, 15) is 14.0 Å². The largest absolute Gasteiger partial charge is 0.486 e. The molecule has 0 aliphatic carbocycles. The van der Waals surface area contributed by atoms with E-state index in [-0.39, 0.29) is 54.6 Å². The van der Waals surface area contributed by atoms with Gasteiger partial charge >= 0.3 is 0 Å². The molecule has 3 aromatic rings. The molecule has 35 heavy (non-hydrogen) atoms. The normalized spacial score (nSPS) is 14.9. The number of rotatable bonds is 5. The molecular formula is C24H13Cl4FN2O3S. The smallest absolute Gasteiger partial charge is 0.270 e. The third-order valence-corrected chi connectivity index (χ3v) is 6.56. The van der Waals surface area contributed by atoms with Crippen molar-refractivity contribution >= 4 is 87.3 Å². The molecule has 1 saturated heterocycles. The first-order valence-electron chi connectivity index (χ1n) is 9.87. The Morgan fingerprint density at radius 1 is 0.971 bits per heavy atom. The molecule has 0 bridgehead atoms. The zero-order chi connectivity index (χ0) is 25.3. The van der Waals surface area contributed by atoms with Gasteiger partial charge in [0, 0.05) is 0 Å². The number of nitrogens with zero attached hydrogens (tertiary/aromatic N) is 1. The summed E-state index contributed by atoms with van der Waals surface area (Å²) in [6.07, 6.45) is 1.33. The second-order valence-electron chi connectivity index (χ2n) is 7.26. The summed E-state index contributed by atoms with van der Waals surface area (Å²) in [5.74, 6) is -1.56. The van der Waals surface area contributed by atoms with Crippen LogP contribution in [-0.4, -0.2) is 16.9 Å². The van der Waals surface area contributed by atoms with Crippen LogP contribution in [0, 0.1) is 5.82 Å². The fraction of sp³-hybridized carbons (Fsp3) is 0.0417. The van der Waals surface area contributed by atoms with Gasteiger partial charge in [-0.1, -0.05) is 64.6 Å². The number of benzene rings is 3. The average molecular weight is 570 g/mol. The van der Waals surface area contributed by atoms with E-state index in [1.807, 2.05) is 0 Å². The minimum atomic E-state index is -0.702. The molecule has 1 heterocycles. The topological polar surface area (TPSA) is 58.6 Å². The number of ether oxygens (including phenoxy) is 1. The lowest BCUT2D eigenvalue weighted by atomic mass is 10.1. The van der Waals surface area contributed by atoms with Gasteiger partial charge in [-0.05, 0) is 65.8 Å². The number of hydrogen-bond acceptors (Lipinski definition) is 4. The summed E-state index contributed by atoms with van der Waals surface area (Å²) >= 11 is 30.2. The van der Waals surface area contributed by atoms with Crippen molar-refractivity contribution in [3.05, 3.63) is 97.2 Å². The minimum absolute atomic E-state index is 0.105. The fourth-order valence-corrected chi connectivity index (χ4v) is 4.51. The van der Waals surface area contributed by atoms with E-state index in [1.54, 1.807) is 30.3 Å². The van der Waals surface area contributed by atoms with Gasteiger partial charge in [0.1, 0.15) is 18.0 Å². The van der Waals surface area contributed by atoms with E-state index < -0.39 is 11.8 Å². The van der Waals surface area contributed by atoms with Crippen LogP contribution in [0.15, 0.2) is 60.2 Å². The monoisotopic (exact) mass is 568 g/mol. The van der Waals surface area contributed by atoms with E-state index >= 15 is 0 Å². The van der Waals surface area contributed by atoms with Gasteiger partial charge in [-0.3, -0.25) is 19.8 Å². The fourth-order valence-electron chi connectivity index (χ4n) is 3.24. The molecule has 1 fully saturated rings. The Balaban J connectivity index is 1.63. The lowest BCUT2D eigenvalue weighted by Crippen LogP contribution is -2.54. The van der Waals surface area contributed by atoms with Gasteiger partial charge in [0.2, 0.25) is 0 Å². The van der Waals surface area contributed by atoms with Crippen molar-refractivity contribution in [2.24, 2.45) is 0 Å². The van der Waals surface area contributed by atoms with E-state index in [0.717, 1.165) is 4.90 Å². The molecule has 1 aliphatic heterocycles. The summed E-state index contributed by atoms with van der Waals surface area (Å²) in [5.41, 5.74) is 1.09. The lowest BCUT2D eigenvalue weighted by Gasteiger charge is -2.29. The quantitative estimate of drug-likeness (QED) is 0.207. The maximum atomic E-state index is 13.2. The molecule has 0 unspecified atom stereocenters. The first kappa shape index (κ1) is 25.4. The van der Waals surface area contributed by atoms with Gasteiger partial charge in [-0.15, -0.1) is 0 Å². The van der Waals surface area contributed by atoms with Crippen LogP contribution in [0.25, 0.3) is 6.08 Å². The van der Waals surface area contributed by atoms with Crippen LogP contribution >= 0.6 is 58.6 Å². The summed E-state index contributed by atoms with van der Waals surface area (Å²) < 4.78 is 18.8. The number of amides is 2. The van der Waals surface area contributed by atoms with Crippen LogP contribution in [0.1, 0.15) is 11.1 Å². The standard InChI is InChI=1S/C24H13Cl4FN2O3S/c25-16-2-1-3-19(20(16)28)31-23(33)15(22(32)30-24(31)35)8-13-9-17(26)21(18(27)10-13)34-11-12-4-6-14(29)7-5-12/h1-10H,11H2,(H,30,32,35)/b15-8+. The summed E-state index contributed by atoms with van der Waals surface area (Å²) in [6, 6.07) is 13.5. The first-order chi connectivity index (χ1) is 16.7. The Morgan fingerprint density at radius 3 is 2.29 bits per heavy atom. The van der Waals surface area contributed by atoms with Crippen molar-refractivity contribution in [2.45, 2.75) is 6.61 Å². The van der Waals surface area contributed by atoms with Crippen LogP contribution in [0.4, 0.5) is 10.1 Å². The van der Waals surface area contributed by atoms with Gasteiger partial charge in [0.15, 0.2) is 10.9 Å². The summed E-state index contributed by atoms with van der Waals surface area (Å²) in [7, 11) is 0. The Bertz CT molecular complexity index is 1370. The third kappa shape index (κ3) is 5.44. The molecule has 2 amide bonds. The summed E-state index contributed by atoms with van der Waals surface area (Å²) in [5, 5.41) is 2.96. The Labute approximate surface area is 225 Å². The molecule has 1 N–H and O–H groups in total. The van der Waals surface area contributed by atoms with Crippen LogP contribution < -0.4 is 15.0 Å². The van der Waals surface area contributed by atoms with E-state index in [2.05, 4.69) is 5.32 Å². The molecule has 0 saturated carbocycles. The maximum absolute atomic E-state index is 13.2. The number of carbonyl (C=O) groups is 2. The van der Waals surface area contributed by atoms with Crippen molar-refractivity contribution in [3.63, 3.8) is 0 Å². The van der Waals surface area contributed by atoms with Crippen molar-refractivity contribution in [1.82, 2.24) is 5.32 Å².